The maximum atomic E-state index is 11.6. The molecule has 0 fully saturated rings. The molecule has 1 aromatic heterocycles. The molecule has 5 heteroatoms. The van der Waals surface area contributed by atoms with Crippen LogP contribution in [0.3, 0.4) is 0 Å². The van der Waals surface area contributed by atoms with Gasteiger partial charge in [0, 0.05) is 18.0 Å². The van der Waals surface area contributed by atoms with Gasteiger partial charge in [0.25, 0.3) is 5.91 Å². The van der Waals surface area contributed by atoms with Gasteiger partial charge in [-0.25, -0.2) is 0 Å². The maximum Gasteiger partial charge on any atom is 0.273 e. The smallest absolute Gasteiger partial charge is 0.273 e. The number of rotatable bonds is 5. The number of halogens is 1. The summed E-state index contributed by atoms with van der Waals surface area (Å²) in [5.41, 5.74) is 0.320. The molecule has 0 saturated heterocycles. The highest BCUT2D eigenvalue weighted by molar-refractivity contribution is 6.17. The van der Waals surface area contributed by atoms with Gasteiger partial charge in [-0.3, -0.25) is 4.79 Å². The van der Waals surface area contributed by atoms with E-state index >= 15 is 0 Å². The first-order chi connectivity index (χ1) is 7.17. The van der Waals surface area contributed by atoms with Crippen LogP contribution < -0.4 is 5.32 Å². The lowest BCUT2D eigenvalue weighted by Crippen LogP contribution is -2.34. The molecule has 0 aliphatic heterocycles. The molecule has 1 aromatic rings. The van der Waals surface area contributed by atoms with Crippen LogP contribution in [-0.4, -0.2) is 23.0 Å². The Balaban J connectivity index is 2.54. The summed E-state index contributed by atoms with van der Waals surface area (Å²) in [5.74, 6) is 0.964. The maximum absolute atomic E-state index is 11.6. The molecule has 1 amide bonds. The van der Waals surface area contributed by atoms with E-state index in [9.17, 15) is 4.79 Å². The first-order valence-corrected chi connectivity index (χ1v) is 5.51. The van der Waals surface area contributed by atoms with Crippen molar-refractivity contribution in [1.82, 2.24) is 10.5 Å². The van der Waals surface area contributed by atoms with Crippen molar-refractivity contribution in [2.45, 2.75) is 32.7 Å². The molecule has 1 unspecified atom stereocenters. The Morgan fingerprint density at radius 2 is 2.47 bits per heavy atom. The molecule has 15 heavy (non-hydrogen) atoms. The van der Waals surface area contributed by atoms with Gasteiger partial charge in [-0.05, 0) is 19.8 Å². The molecular formula is C10H15ClN2O2. The number of carbonyl (C=O) groups is 1. The molecule has 84 valence electrons. The van der Waals surface area contributed by atoms with Crippen molar-refractivity contribution in [3.05, 3.63) is 17.5 Å². The van der Waals surface area contributed by atoms with E-state index in [0.29, 0.717) is 17.3 Å². The Morgan fingerprint density at radius 3 is 2.93 bits per heavy atom. The van der Waals surface area contributed by atoms with Gasteiger partial charge in [-0.2, -0.15) is 0 Å². The summed E-state index contributed by atoms with van der Waals surface area (Å²) in [4.78, 5) is 11.6. The summed E-state index contributed by atoms with van der Waals surface area (Å²) in [6.07, 6.45) is 1.62. The van der Waals surface area contributed by atoms with Gasteiger partial charge in [-0.1, -0.05) is 12.1 Å². The molecule has 0 spiro atoms. The normalized spacial score (nSPS) is 12.5. The zero-order valence-corrected chi connectivity index (χ0v) is 9.67. The second kappa shape index (κ2) is 5.75. The number of nitrogens with zero attached hydrogens (tertiary/aromatic N) is 1. The standard InChI is InChI=1S/C10H15ClN2O2/c1-3-8(4-5-11)12-10(14)9-6-7(2)15-13-9/h6,8H,3-5H2,1-2H3,(H,12,14). The molecule has 0 aromatic carbocycles. The van der Waals surface area contributed by atoms with E-state index in [1.807, 2.05) is 6.92 Å². The first kappa shape index (κ1) is 12.0. The summed E-state index contributed by atoms with van der Waals surface area (Å²) in [6.45, 7) is 3.76. The van der Waals surface area contributed by atoms with E-state index < -0.39 is 0 Å². The average Bonchev–Trinajstić information content (AvgIpc) is 2.64. The molecule has 1 atom stereocenters. The van der Waals surface area contributed by atoms with Crippen molar-refractivity contribution in [3.63, 3.8) is 0 Å². The second-order valence-corrected chi connectivity index (χ2v) is 3.76. The molecule has 0 aliphatic rings. The minimum atomic E-state index is -0.205. The van der Waals surface area contributed by atoms with E-state index in [2.05, 4.69) is 10.5 Å². The van der Waals surface area contributed by atoms with Gasteiger partial charge in [0.1, 0.15) is 5.76 Å². The number of hydrogen-bond acceptors (Lipinski definition) is 3. The third kappa shape index (κ3) is 3.55. The van der Waals surface area contributed by atoms with Crippen LogP contribution in [0.25, 0.3) is 0 Å². The van der Waals surface area contributed by atoms with E-state index in [0.717, 1.165) is 12.8 Å². The third-order valence-corrected chi connectivity index (χ3v) is 2.36. The topological polar surface area (TPSA) is 55.1 Å². The Kier molecular flexibility index (Phi) is 4.62. The molecule has 1 N–H and O–H groups in total. The summed E-state index contributed by atoms with van der Waals surface area (Å²) in [5, 5.41) is 6.49. The number of alkyl halides is 1. The van der Waals surface area contributed by atoms with Gasteiger partial charge in [0.15, 0.2) is 5.69 Å². The number of carbonyl (C=O) groups excluding carboxylic acids is 1. The Labute approximate surface area is 94.0 Å². The number of aromatic nitrogens is 1. The van der Waals surface area contributed by atoms with E-state index in [4.69, 9.17) is 16.1 Å². The van der Waals surface area contributed by atoms with Crippen molar-refractivity contribution < 1.29 is 9.32 Å². The van der Waals surface area contributed by atoms with Crippen LogP contribution in [0.1, 0.15) is 36.0 Å². The summed E-state index contributed by atoms with van der Waals surface area (Å²) in [6, 6.07) is 1.72. The van der Waals surface area contributed by atoms with Crippen molar-refractivity contribution in [2.75, 3.05) is 5.88 Å². The SMILES string of the molecule is CCC(CCCl)NC(=O)c1cc(C)on1. The second-order valence-electron chi connectivity index (χ2n) is 3.38. The van der Waals surface area contributed by atoms with Crippen molar-refractivity contribution >= 4 is 17.5 Å². The predicted molar refractivity (Wildman–Crippen MR) is 58.1 cm³/mol. The van der Waals surface area contributed by atoms with Crippen LogP contribution in [0.5, 0.6) is 0 Å². The van der Waals surface area contributed by atoms with Gasteiger partial charge >= 0.3 is 0 Å². The van der Waals surface area contributed by atoms with Gasteiger partial charge in [0.2, 0.25) is 0 Å². The quantitative estimate of drug-likeness (QED) is 0.789. The zero-order chi connectivity index (χ0) is 11.3. The minimum absolute atomic E-state index is 0.104. The third-order valence-electron chi connectivity index (χ3n) is 2.15. The number of hydrogen-bond donors (Lipinski definition) is 1. The molecule has 0 saturated carbocycles. The molecule has 1 rings (SSSR count). The lowest BCUT2D eigenvalue weighted by atomic mass is 10.1. The van der Waals surface area contributed by atoms with Crippen molar-refractivity contribution in [2.24, 2.45) is 0 Å². The largest absolute Gasteiger partial charge is 0.361 e. The van der Waals surface area contributed by atoms with Gasteiger partial charge < -0.3 is 9.84 Å². The summed E-state index contributed by atoms with van der Waals surface area (Å²) < 4.78 is 4.82. The molecule has 0 radical (unpaired) electrons. The Hall–Kier alpha value is -1.03. The number of nitrogens with one attached hydrogen (secondary N) is 1. The van der Waals surface area contributed by atoms with Gasteiger partial charge in [-0.15, -0.1) is 11.6 Å². The van der Waals surface area contributed by atoms with E-state index in [-0.39, 0.29) is 11.9 Å². The van der Waals surface area contributed by atoms with E-state index in [1.54, 1.807) is 13.0 Å². The Bertz CT molecular complexity index is 325. The Morgan fingerprint density at radius 1 is 1.73 bits per heavy atom. The average molecular weight is 231 g/mol. The van der Waals surface area contributed by atoms with Crippen LogP contribution in [0.2, 0.25) is 0 Å². The lowest BCUT2D eigenvalue weighted by molar-refractivity contribution is 0.0926. The monoisotopic (exact) mass is 230 g/mol. The van der Waals surface area contributed by atoms with Crippen LogP contribution in [0.4, 0.5) is 0 Å². The van der Waals surface area contributed by atoms with Crippen molar-refractivity contribution in [1.29, 1.82) is 0 Å². The first-order valence-electron chi connectivity index (χ1n) is 4.97. The van der Waals surface area contributed by atoms with Crippen molar-refractivity contribution in [3.8, 4) is 0 Å². The van der Waals surface area contributed by atoms with Crippen LogP contribution in [-0.2, 0) is 0 Å². The number of aryl methyl sites for hydroxylation is 1. The van der Waals surface area contributed by atoms with Crippen LogP contribution in [0.15, 0.2) is 10.6 Å². The highest BCUT2D eigenvalue weighted by Gasteiger charge is 2.14. The fraction of sp³-hybridized carbons (Fsp3) is 0.600. The lowest BCUT2D eigenvalue weighted by Gasteiger charge is -2.13. The number of amides is 1. The summed E-state index contributed by atoms with van der Waals surface area (Å²) >= 11 is 5.62. The molecule has 4 nitrogen and oxygen atoms in total. The van der Waals surface area contributed by atoms with Crippen LogP contribution >= 0.6 is 11.6 Å². The molecule has 1 heterocycles. The molecule has 0 bridgehead atoms. The molecular weight excluding hydrogens is 216 g/mol. The van der Waals surface area contributed by atoms with Crippen LogP contribution in [0, 0.1) is 6.92 Å². The fourth-order valence-electron chi connectivity index (χ4n) is 1.24. The summed E-state index contributed by atoms with van der Waals surface area (Å²) in [7, 11) is 0. The van der Waals surface area contributed by atoms with Gasteiger partial charge in [0.05, 0.1) is 0 Å². The molecule has 0 aliphatic carbocycles. The highest BCUT2D eigenvalue weighted by atomic mass is 35.5. The zero-order valence-electron chi connectivity index (χ0n) is 8.92. The minimum Gasteiger partial charge on any atom is -0.361 e. The highest BCUT2D eigenvalue weighted by Crippen LogP contribution is 2.04. The van der Waals surface area contributed by atoms with E-state index in [1.165, 1.54) is 0 Å². The predicted octanol–water partition coefficient (Wildman–Crippen LogP) is 2.12. The fourth-order valence-corrected chi connectivity index (χ4v) is 1.51.